The molecule has 11 atom stereocenters. The molecule has 11 amide bonds. The second-order valence-electron chi connectivity index (χ2n) is 21.9. The normalized spacial score (nSPS) is 17.1. The highest BCUT2D eigenvalue weighted by atomic mass is 16.3. The lowest BCUT2D eigenvalue weighted by Crippen LogP contribution is -2.64. The van der Waals surface area contributed by atoms with E-state index in [2.05, 4.69) is 63.4 Å². The Morgan fingerprint density at radius 2 is 1.29 bits per heavy atom. The Hall–Kier alpha value is -9.35. The standard InChI is InChI=1S/C58H82N16O13/c1-30(2)23-43(51(81)66-41(17-12-22-63-57(61)62-6)50(80)67-42(49(60)79)26-36-28-64-40-16-11-10-15-39(36)40)69-58(87)73-72-52(82)44(24-34-13-8-7-9-14-34)68-55(85)48(32(4)75)71-54(84)47(31(3)59)70-53(83)46-27-38(78)29-74(46)56(86)45(65-33(5)76)25-35-18-20-37(77)21-19-35/h7-11,13-16,18-21,28,30-32,38,41-48,64,75,77-78H,12,17,22-27,29,59H2,1-6H3,(H2,60,79)(H,65,76)(H,66,81)(H,67,80)(H,68,85)(H,70,83)(H,71,84)(H,72,82)(H3,61,62,63)(H2,69,73,87)/t31?,32-,38-,41+,42+,43+,44+,45-,46+,47+,48+/m1/s1. The number of phenols is 1. The number of rotatable bonds is 29. The van der Waals surface area contributed by atoms with Crippen LogP contribution in [0.3, 0.4) is 0 Å². The number of nitrogens with zero attached hydrogens (tertiary/aromatic N) is 2. The van der Waals surface area contributed by atoms with Crippen molar-refractivity contribution in [1.29, 1.82) is 0 Å². The average Bonchev–Trinajstić information content (AvgIpc) is 2.06. The van der Waals surface area contributed by atoms with E-state index in [0.29, 0.717) is 16.7 Å². The fraction of sp³-hybridized carbons (Fsp3) is 0.466. The zero-order valence-electron chi connectivity index (χ0n) is 49.4. The summed E-state index contributed by atoms with van der Waals surface area (Å²) in [5.41, 5.74) is 24.8. The van der Waals surface area contributed by atoms with Gasteiger partial charge in [-0.2, -0.15) is 0 Å². The number of amides is 11. The number of para-hydroxylation sites is 1. The van der Waals surface area contributed by atoms with Crippen molar-refractivity contribution in [2.75, 3.05) is 20.1 Å². The fourth-order valence-electron chi connectivity index (χ4n) is 9.73. The largest absolute Gasteiger partial charge is 0.508 e. The number of β-amino-alcohol motifs (C(OH)–C–C–N with tert-alkyl or cyclic N) is 1. The summed E-state index contributed by atoms with van der Waals surface area (Å²) in [7, 11) is 1.48. The van der Waals surface area contributed by atoms with Crippen LogP contribution in [0.25, 0.3) is 10.9 Å². The number of likely N-dealkylation sites (tertiary alicyclic amines) is 1. The third-order valence-electron chi connectivity index (χ3n) is 14.2. The highest BCUT2D eigenvalue weighted by molar-refractivity contribution is 5.98. The van der Waals surface area contributed by atoms with Gasteiger partial charge >= 0.3 is 6.03 Å². The molecule has 29 nitrogen and oxygen atoms in total. The number of nitrogens with two attached hydrogens (primary N) is 3. The van der Waals surface area contributed by atoms with Gasteiger partial charge in [-0.3, -0.25) is 53.6 Å². The van der Waals surface area contributed by atoms with Gasteiger partial charge in [-0.15, -0.1) is 0 Å². The second kappa shape index (κ2) is 32.8. The van der Waals surface area contributed by atoms with Crippen LogP contribution < -0.4 is 70.6 Å². The predicted molar refractivity (Wildman–Crippen MR) is 320 cm³/mol. The van der Waals surface area contributed by atoms with E-state index in [-0.39, 0.29) is 75.7 Å². The molecule has 3 aromatic carbocycles. The molecule has 1 aliphatic rings. The molecule has 472 valence electrons. The molecule has 20 N–H and O–H groups in total. The molecule has 4 aromatic rings. The first-order valence-electron chi connectivity index (χ1n) is 28.4. The monoisotopic (exact) mass is 1210 g/mol. The molecular weight excluding hydrogens is 1130 g/mol. The molecule has 29 heteroatoms. The van der Waals surface area contributed by atoms with Gasteiger partial charge in [-0.1, -0.05) is 74.5 Å². The van der Waals surface area contributed by atoms with E-state index >= 15 is 0 Å². The maximum absolute atomic E-state index is 14.1. The number of nitrogens with one attached hydrogen (secondary N) is 11. The van der Waals surface area contributed by atoms with Gasteiger partial charge in [0, 0.05) is 75.9 Å². The molecule has 0 bridgehead atoms. The van der Waals surface area contributed by atoms with Crippen molar-refractivity contribution in [3.8, 4) is 5.75 Å². The summed E-state index contributed by atoms with van der Waals surface area (Å²) in [4.78, 5) is 145. The number of phenolic OH excluding ortho intramolecular Hbond substituents is 1. The molecule has 2 heterocycles. The molecule has 0 saturated carbocycles. The van der Waals surface area contributed by atoms with Gasteiger partial charge in [0.15, 0.2) is 5.96 Å². The van der Waals surface area contributed by atoms with Crippen molar-refractivity contribution < 1.29 is 63.3 Å². The molecule has 1 unspecified atom stereocenters. The number of benzene rings is 3. The van der Waals surface area contributed by atoms with Crippen LogP contribution in [0.4, 0.5) is 4.79 Å². The van der Waals surface area contributed by atoms with E-state index < -0.39 is 126 Å². The Labute approximate surface area is 502 Å². The van der Waals surface area contributed by atoms with E-state index in [9.17, 15) is 63.3 Å². The molecule has 1 aromatic heterocycles. The van der Waals surface area contributed by atoms with Crippen LogP contribution in [0, 0.1) is 5.92 Å². The minimum atomic E-state index is -1.80. The number of urea groups is 1. The number of hydrogen-bond acceptors (Lipinski definition) is 15. The van der Waals surface area contributed by atoms with Crippen molar-refractivity contribution in [2.45, 2.75) is 146 Å². The first-order valence-corrected chi connectivity index (χ1v) is 28.4. The van der Waals surface area contributed by atoms with Gasteiger partial charge in [0.1, 0.15) is 54.1 Å². The number of carbonyl (C=O) groups excluding carboxylic acids is 10. The molecule has 0 radical (unpaired) electrons. The summed E-state index contributed by atoms with van der Waals surface area (Å²) >= 11 is 0. The van der Waals surface area contributed by atoms with Crippen LogP contribution in [-0.2, 0) is 62.4 Å². The predicted octanol–water partition coefficient (Wildman–Crippen LogP) is -2.94. The smallest absolute Gasteiger partial charge is 0.334 e. The second-order valence-corrected chi connectivity index (χ2v) is 21.9. The topological polar surface area (TPSA) is 461 Å². The zero-order valence-corrected chi connectivity index (χ0v) is 49.4. The number of fused-ring (bicyclic) bond motifs is 1. The van der Waals surface area contributed by atoms with Gasteiger partial charge < -0.3 is 84.9 Å². The third kappa shape index (κ3) is 21.0. The van der Waals surface area contributed by atoms with Gasteiger partial charge in [-0.25, -0.2) is 10.2 Å². The Kier molecular flexibility index (Phi) is 25.8. The first kappa shape index (κ1) is 68.4. The molecule has 1 saturated heterocycles. The molecule has 1 fully saturated rings. The molecule has 0 aliphatic carbocycles. The number of guanidine groups is 1. The van der Waals surface area contributed by atoms with Crippen molar-refractivity contribution in [3.63, 3.8) is 0 Å². The average molecular weight is 1210 g/mol. The van der Waals surface area contributed by atoms with Crippen LogP contribution in [0.2, 0.25) is 0 Å². The minimum absolute atomic E-state index is 0.0248. The molecule has 1 aliphatic heterocycles. The lowest BCUT2D eigenvalue weighted by Gasteiger charge is -2.31. The van der Waals surface area contributed by atoms with Gasteiger partial charge in [0.2, 0.25) is 47.3 Å². The van der Waals surface area contributed by atoms with E-state index in [1.54, 1.807) is 62.5 Å². The Morgan fingerprint density at radius 3 is 1.92 bits per heavy atom. The van der Waals surface area contributed by atoms with Gasteiger partial charge in [-0.05, 0) is 73.9 Å². The minimum Gasteiger partial charge on any atom is -0.508 e. The van der Waals surface area contributed by atoms with Crippen LogP contribution in [-0.4, -0.2) is 177 Å². The number of aromatic hydroxyl groups is 1. The fourth-order valence-corrected chi connectivity index (χ4v) is 9.73. The summed E-state index contributed by atoms with van der Waals surface area (Å²) in [6, 6.07) is 8.10. The number of aromatic nitrogens is 1. The van der Waals surface area contributed by atoms with Crippen LogP contribution in [0.5, 0.6) is 5.75 Å². The van der Waals surface area contributed by atoms with Crippen LogP contribution in [0.15, 0.2) is 90.1 Å². The number of H-pyrrole nitrogens is 1. The Balaban J connectivity index is 1.26. The maximum Gasteiger partial charge on any atom is 0.334 e. The van der Waals surface area contributed by atoms with E-state index in [1.165, 1.54) is 40.0 Å². The quantitative estimate of drug-likeness (QED) is 0.0112. The maximum atomic E-state index is 14.1. The highest BCUT2D eigenvalue weighted by Gasteiger charge is 2.43. The number of aliphatic hydroxyl groups excluding tert-OH is 2. The van der Waals surface area contributed by atoms with Gasteiger partial charge in [0.25, 0.3) is 5.91 Å². The Bertz CT molecular complexity index is 3070. The van der Waals surface area contributed by atoms with E-state index in [4.69, 9.17) is 17.2 Å². The summed E-state index contributed by atoms with van der Waals surface area (Å²) in [6.07, 6.45) is -1.25. The van der Waals surface area contributed by atoms with E-state index in [1.807, 2.05) is 24.3 Å². The molecular formula is C58H82N16O13. The number of aliphatic hydroxyl groups is 2. The molecule has 5 rings (SSSR count). The highest BCUT2D eigenvalue weighted by Crippen LogP contribution is 2.23. The number of hydrogen-bond donors (Lipinski definition) is 17. The summed E-state index contributed by atoms with van der Waals surface area (Å²) in [6.45, 7) is 7.24. The summed E-state index contributed by atoms with van der Waals surface area (Å²) in [5.74, 6) is -7.81. The lowest BCUT2D eigenvalue weighted by molar-refractivity contribution is -0.142. The Morgan fingerprint density at radius 1 is 0.678 bits per heavy atom. The number of aliphatic imine (C=N–C) groups is 1. The SMILES string of the molecule is CN=C(N)NCCC[C@H](NC(=O)[C@H](CC(C)C)NC(=O)NNC(=O)[C@H](Cc1ccccc1)NC(=O)[C@@H](NC(=O)[C@@H](NC(=O)[C@@H]1C[C@@H](O)CN1C(=O)[C@@H](Cc1ccc(O)cc1)NC(C)=O)C(C)N)[C@@H](C)O)C(=O)N[C@@H](Cc1c[nH]c2ccccc12)C(N)=O. The van der Waals surface area contributed by atoms with Crippen molar-refractivity contribution >= 4 is 76.1 Å². The molecule has 0 spiro atoms. The zero-order chi connectivity index (χ0) is 64.1. The van der Waals surface area contributed by atoms with E-state index in [0.717, 1.165) is 15.8 Å². The number of primary amides is 1. The van der Waals surface area contributed by atoms with Crippen LogP contribution in [0.1, 0.15) is 77.0 Å². The number of hydrazine groups is 1. The number of aromatic amines is 1. The van der Waals surface area contributed by atoms with Crippen molar-refractivity contribution in [3.05, 3.63) is 102 Å². The van der Waals surface area contributed by atoms with Crippen molar-refractivity contribution in [1.82, 2.24) is 63.3 Å². The van der Waals surface area contributed by atoms with Crippen LogP contribution >= 0.6 is 0 Å². The summed E-state index contributed by atoms with van der Waals surface area (Å²) in [5, 5.41) is 52.9. The van der Waals surface area contributed by atoms with Crippen molar-refractivity contribution in [2.24, 2.45) is 28.1 Å². The van der Waals surface area contributed by atoms with Gasteiger partial charge in [0.05, 0.1) is 12.2 Å². The third-order valence-corrected chi connectivity index (χ3v) is 14.2. The first-order chi connectivity index (χ1) is 41.2. The lowest BCUT2D eigenvalue weighted by atomic mass is 10.0. The summed E-state index contributed by atoms with van der Waals surface area (Å²) < 4.78 is 0. The number of carbonyl (C=O) groups is 10. The molecule has 87 heavy (non-hydrogen) atoms.